The van der Waals surface area contributed by atoms with Gasteiger partial charge in [0, 0.05) is 12.8 Å². The molecule has 0 aromatic carbocycles. The number of carbonyl (C=O) groups is 3. The van der Waals surface area contributed by atoms with Crippen molar-refractivity contribution in [1.29, 1.82) is 0 Å². The van der Waals surface area contributed by atoms with Crippen LogP contribution in [0, 0.1) is 0 Å². The van der Waals surface area contributed by atoms with Gasteiger partial charge in [-0.15, -0.1) is 0 Å². The molecule has 0 radical (unpaired) electrons. The smallest absolute Gasteiger partial charge is 0.278 e. The molecule has 0 aromatic rings. The fourth-order valence-electron chi connectivity index (χ4n) is 4.15. The summed E-state index contributed by atoms with van der Waals surface area (Å²) >= 11 is 0. The van der Waals surface area contributed by atoms with E-state index >= 15 is 0 Å². The Morgan fingerprint density at radius 2 is 1.40 bits per heavy atom. The fourth-order valence-corrected chi connectivity index (χ4v) is 4.15. The van der Waals surface area contributed by atoms with E-state index in [1.54, 1.807) is 0 Å². The van der Waals surface area contributed by atoms with E-state index in [0.29, 0.717) is 50.0 Å². The molecule has 3 amide bonds. The lowest BCUT2D eigenvalue weighted by atomic mass is 10.1. The van der Waals surface area contributed by atoms with Crippen LogP contribution in [0.5, 0.6) is 0 Å². The van der Waals surface area contributed by atoms with Gasteiger partial charge >= 0.3 is 0 Å². The molecule has 1 atom stereocenters. The van der Waals surface area contributed by atoms with Crippen molar-refractivity contribution in [1.82, 2.24) is 16.0 Å². The minimum absolute atomic E-state index is 0.0537. The molecule has 0 spiro atoms. The van der Waals surface area contributed by atoms with Crippen LogP contribution in [0.1, 0.15) is 85.0 Å². The van der Waals surface area contributed by atoms with Crippen molar-refractivity contribution in [3.8, 4) is 0 Å². The van der Waals surface area contributed by atoms with Crippen molar-refractivity contribution in [3.63, 3.8) is 0 Å². The second-order valence-electron chi connectivity index (χ2n) is 8.68. The van der Waals surface area contributed by atoms with Crippen LogP contribution >= 0.6 is 0 Å². The molecular weight excluding hydrogens is 380 g/mol. The number of rotatable bonds is 16. The Bertz CT molecular complexity index is 495. The molecule has 0 bridgehead atoms. The summed E-state index contributed by atoms with van der Waals surface area (Å²) < 4.78 is 0.609. The Kier molecular flexibility index (Phi) is 13.4. The number of hydrogen-bond acceptors (Lipinski definition) is 3. The fraction of sp³-hybridized carbons (Fsp3) is 0.870. The highest BCUT2D eigenvalue weighted by Crippen LogP contribution is 2.16. The zero-order valence-electron chi connectivity index (χ0n) is 19.6. The summed E-state index contributed by atoms with van der Waals surface area (Å²) in [6.07, 6.45) is 9.88. The van der Waals surface area contributed by atoms with E-state index in [4.69, 9.17) is 0 Å². The number of quaternary nitrogens is 1. The highest BCUT2D eigenvalue weighted by molar-refractivity contribution is 5.80. The summed E-state index contributed by atoms with van der Waals surface area (Å²) in [4.78, 5) is 36.5. The van der Waals surface area contributed by atoms with Gasteiger partial charge in [0.1, 0.15) is 0 Å². The lowest BCUT2D eigenvalue weighted by molar-refractivity contribution is -0.940. The number of piperazine rings is 1. The van der Waals surface area contributed by atoms with Crippen LogP contribution < -0.4 is 16.0 Å². The molecule has 174 valence electrons. The molecule has 1 unspecified atom stereocenters. The van der Waals surface area contributed by atoms with Crippen LogP contribution in [-0.4, -0.2) is 67.5 Å². The molecule has 1 aliphatic heterocycles. The zero-order valence-corrected chi connectivity index (χ0v) is 19.6. The van der Waals surface area contributed by atoms with Gasteiger partial charge in [-0.25, -0.2) is 0 Å². The largest absolute Gasteiger partial charge is 0.350 e. The van der Waals surface area contributed by atoms with Crippen LogP contribution in [0.15, 0.2) is 0 Å². The Labute approximate surface area is 183 Å². The maximum atomic E-state index is 12.3. The number of hydrogen-bond donors (Lipinski definition) is 3. The standard InChI is InChI=1S/C23H44N4O3/c1-4-6-8-10-12-21(28)24-14-17-27(19-16-26-23(30)20(27)3)18-15-25-22(29)13-11-9-7-5-2/h20H,4-19H2,1-3H3,(H2-,24,25,26,28,29,30)/p+1. The predicted molar refractivity (Wildman–Crippen MR) is 121 cm³/mol. The monoisotopic (exact) mass is 425 g/mol. The van der Waals surface area contributed by atoms with E-state index in [2.05, 4.69) is 29.8 Å². The van der Waals surface area contributed by atoms with Crippen LogP contribution in [0.2, 0.25) is 0 Å². The van der Waals surface area contributed by atoms with Crippen LogP contribution in [-0.2, 0) is 14.4 Å². The number of amides is 3. The van der Waals surface area contributed by atoms with Crippen molar-refractivity contribution in [3.05, 3.63) is 0 Å². The Morgan fingerprint density at radius 3 is 1.87 bits per heavy atom. The predicted octanol–water partition coefficient (Wildman–Crippen LogP) is 2.49. The van der Waals surface area contributed by atoms with Gasteiger partial charge in [0.05, 0.1) is 39.3 Å². The molecular formula is C23H45N4O3+. The number of nitrogens with zero attached hydrogens (tertiary/aromatic N) is 1. The molecule has 1 rings (SSSR count). The third-order valence-electron chi connectivity index (χ3n) is 6.33. The van der Waals surface area contributed by atoms with Gasteiger partial charge in [0.15, 0.2) is 6.04 Å². The van der Waals surface area contributed by atoms with Gasteiger partial charge in [-0.2, -0.15) is 0 Å². The lowest BCUT2D eigenvalue weighted by Gasteiger charge is -2.45. The summed E-state index contributed by atoms with van der Waals surface area (Å²) in [6.45, 7) is 10.3. The van der Waals surface area contributed by atoms with Crippen LogP contribution in [0.3, 0.4) is 0 Å². The van der Waals surface area contributed by atoms with E-state index < -0.39 is 0 Å². The van der Waals surface area contributed by atoms with E-state index in [1.807, 2.05) is 6.92 Å². The molecule has 1 heterocycles. The summed E-state index contributed by atoms with van der Waals surface area (Å²) in [5.41, 5.74) is 0. The third-order valence-corrected chi connectivity index (χ3v) is 6.33. The topological polar surface area (TPSA) is 87.3 Å². The van der Waals surface area contributed by atoms with Crippen molar-refractivity contribution in [2.75, 3.05) is 39.3 Å². The normalized spacial score (nSPS) is 18.0. The second kappa shape index (κ2) is 15.2. The molecule has 7 nitrogen and oxygen atoms in total. The quantitative estimate of drug-likeness (QED) is 0.262. The molecule has 1 fully saturated rings. The lowest BCUT2D eigenvalue weighted by Crippen LogP contribution is -2.69. The molecule has 3 N–H and O–H groups in total. The third kappa shape index (κ3) is 9.92. The first-order chi connectivity index (χ1) is 14.4. The SMILES string of the molecule is CCCCCCC(=O)NCC[N+]1(CCNC(=O)CCCCCC)CCNC(=O)C1C. The Hall–Kier alpha value is -1.63. The maximum Gasteiger partial charge on any atom is 0.278 e. The van der Waals surface area contributed by atoms with Crippen LogP contribution in [0.4, 0.5) is 0 Å². The van der Waals surface area contributed by atoms with E-state index in [1.165, 1.54) is 12.8 Å². The van der Waals surface area contributed by atoms with Crippen molar-refractivity contribution in [2.45, 2.75) is 91.0 Å². The maximum absolute atomic E-state index is 12.3. The molecule has 0 saturated carbocycles. The molecule has 1 aliphatic rings. The average Bonchev–Trinajstić information content (AvgIpc) is 2.72. The highest BCUT2D eigenvalue weighted by Gasteiger charge is 2.41. The van der Waals surface area contributed by atoms with Gasteiger partial charge in [0.25, 0.3) is 5.91 Å². The number of carbonyl (C=O) groups excluding carboxylic acids is 3. The summed E-state index contributed by atoms with van der Waals surface area (Å²) in [7, 11) is 0. The second-order valence-corrected chi connectivity index (χ2v) is 8.68. The first-order valence-corrected chi connectivity index (χ1v) is 12.1. The summed E-state index contributed by atoms with van der Waals surface area (Å²) in [6, 6.07) is -0.179. The zero-order chi connectivity index (χ0) is 22.2. The van der Waals surface area contributed by atoms with Gasteiger partial charge in [0.2, 0.25) is 11.8 Å². The minimum Gasteiger partial charge on any atom is -0.350 e. The Balaban J connectivity index is 2.46. The number of nitrogens with one attached hydrogen (secondary N) is 3. The molecule has 0 aliphatic carbocycles. The van der Waals surface area contributed by atoms with Gasteiger partial charge < -0.3 is 20.4 Å². The molecule has 1 saturated heterocycles. The molecule has 0 aromatic heterocycles. The number of unbranched alkanes of at least 4 members (excludes halogenated alkanes) is 6. The van der Waals surface area contributed by atoms with Crippen molar-refractivity contribution in [2.24, 2.45) is 0 Å². The molecule has 30 heavy (non-hydrogen) atoms. The van der Waals surface area contributed by atoms with Crippen LogP contribution in [0.25, 0.3) is 0 Å². The minimum atomic E-state index is -0.179. The van der Waals surface area contributed by atoms with E-state index in [9.17, 15) is 14.4 Å². The van der Waals surface area contributed by atoms with Gasteiger partial charge in [-0.1, -0.05) is 52.4 Å². The van der Waals surface area contributed by atoms with E-state index in [0.717, 1.165) is 45.1 Å². The van der Waals surface area contributed by atoms with E-state index in [-0.39, 0.29) is 23.8 Å². The Morgan fingerprint density at radius 1 is 0.900 bits per heavy atom. The van der Waals surface area contributed by atoms with Crippen molar-refractivity contribution >= 4 is 17.7 Å². The first kappa shape index (κ1) is 26.4. The van der Waals surface area contributed by atoms with Crippen molar-refractivity contribution < 1.29 is 18.9 Å². The summed E-state index contributed by atoms with van der Waals surface area (Å²) in [5, 5.41) is 9.00. The van der Waals surface area contributed by atoms with Gasteiger partial charge in [-0.05, 0) is 19.8 Å². The first-order valence-electron chi connectivity index (χ1n) is 12.1. The molecule has 7 heteroatoms. The average molecular weight is 426 g/mol. The highest BCUT2D eigenvalue weighted by atomic mass is 16.2. The summed E-state index contributed by atoms with van der Waals surface area (Å²) in [5.74, 6) is 0.246. The van der Waals surface area contributed by atoms with Gasteiger partial charge in [-0.3, -0.25) is 14.4 Å².